The molecule has 0 spiro atoms. The number of hydrogen-bond acceptors (Lipinski definition) is 3. The predicted octanol–water partition coefficient (Wildman–Crippen LogP) is 7.00. The maximum Gasteiger partial charge on any atom is 0.119 e. The zero-order valence-electron chi connectivity index (χ0n) is 20.8. The minimum absolute atomic E-state index is 0.434. The maximum atomic E-state index is 12.2. The van der Waals surface area contributed by atoms with Gasteiger partial charge in [-0.3, -0.25) is 0 Å². The lowest BCUT2D eigenvalue weighted by molar-refractivity contribution is 0.0812. The third kappa shape index (κ3) is 6.05. The number of hydrogen-bond donors (Lipinski definition) is 1. The SMILES string of the molecule is CCN(CC)CCOc1ccc(C(O)(Cc2ccc(Cl)cc2)c2ccc3cc(C)ccc3c2)cc1. The number of likely N-dealkylation sites (N-methyl/N-ethyl adjacent to an activating group) is 1. The summed E-state index contributed by atoms with van der Waals surface area (Å²) in [6.07, 6.45) is 0.434. The molecule has 0 heterocycles. The van der Waals surface area contributed by atoms with E-state index in [1.165, 1.54) is 10.9 Å². The number of halogens is 1. The van der Waals surface area contributed by atoms with Crippen LogP contribution in [0.1, 0.15) is 36.1 Å². The Bertz CT molecular complexity index is 1250. The Morgan fingerprint density at radius 2 is 1.43 bits per heavy atom. The van der Waals surface area contributed by atoms with Crippen molar-refractivity contribution in [2.24, 2.45) is 0 Å². The smallest absolute Gasteiger partial charge is 0.119 e. The molecule has 0 saturated carbocycles. The zero-order valence-corrected chi connectivity index (χ0v) is 21.6. The van der Waals surface area contributed by atoms with Crippen LogP contribution >= 0.6 is 11.6 Å². The molecule has 0 bridgehead atoms. The third-order valence-corrected chi connectivity index (χ3v) is 7.00. The first kappa shape index (κ1) is 25.2. The molecule has 0 aromatic heterocycles. The number of nitrogens with zero attached hydrogens (tertiary/aromatic N) is 1. The van der Waals surface area contributed by atoms with Gasteiger partial charge in [-0.15, -0.1) is 0 Å². The number of aliphatic hydroxyl groups is 1. The quantitative estimate of drug-likeness (QED) is 0.261. The van der Waals surface area contributed by atoms with E-state index in [4.69, 9.17) is 16.3 Å². The molecule has 35 heavy (non-hydrogen) atoms. The molecule has 0 aliphatic carbocycles. The van der Waals surface area contributed by atoms with Gasteiger partial charge < -0.3 is 14.7 Å². The minimum Gasteiger partial charge on any atom is -0.492 e. The highest BCUT2D eigenvalue weighted by atomic mass is 35.5. The van der Waals surface area contributed by atoms with E-state index in [2.05, 4.69) is 56.0 Å². The van der Waals surface area contributed by atoms with Gasteiger partial charge in [0.1, 0.15) is 18.0 Å². The molecular formula is C31H34ClNO2. The first-order valence-corrected chi connectivity index (χ1v) is 12.7. The molecule has 1 unspecified atom stereocenters. The van der Waals surface area contributed by atoms with Crippen LogP contribution in [0.2, 0.25) is 5.02 Å². The van der Waals surface area contributed by atoms with E-state index in [0.29, 0.717) is 18.1 Å². The van der Waals surface area contributed by atoms with Crippen LogP contribution in [0.15, 0.2) is 84.9 Å². The summed E-state index contributed by atoms with van der Waals surface area (Å²) in [5, 5.41) is 15.2. The second-order valence-electron chi connectivity index (χ2n) is 9.13. The monoisotopic (exact) mass is 487 g/mol. The maximum absolute atomic E-state index is 12.2. The van der Waals surface area contributed by atoms with Crippen molar-refractivity contribution in [2.75, 3.05) is 26.2 Å². The highest BCUT2D eigenvalue weighted by molar-refractivity contribution is 6.30. The van der Waals surface area contributed by atoms with Crippen LogP contribution in [-0.4, -0.2) is 36.2 Å². The minimum atomic E-state index is -1.20. The Labute approximate surface area is 213 Å². The Kier molecular flexibility index (Phi) is 8.12. The van der Waals surface area contributed by atoms with Crippen LogP contribution in [0.25, 0.3) is 10.8 Å². The molecule has 0 fully saturated rings. The van der Waals surface area contributed by atoms with Gasteiger partial charge in [-0.05, 0) is 77.8 Å². The van der Waals surface area contributed by atoms with E-state index >= 15 is 0 Å². The summed E-state index contributed by atoms with van der Waals surface area (Å²) in [5.74, 6) is 0.809. The Morgan fingerprint density at radius 3 is 2.11 bits per heavy atom. The summed E-state index contributed by atoms with van der Waals surface area (Å²) in [5.41, 5.74) is 2.72. The summed E-state index contributed by atoms with van der Waals surface area (Å²) in [7, 11) is 0. The fourth-order valence-electron chi connectivity index (χ4n) is 4.55. The average Bonchev–Trinajstić information content (AvgIpc) is 2.88. The fraction of sp³-hybridized carbons (Fsp3) is 0.290. The van der Waals surface area contributed by atoms with E-state index in [1.807, 2.05) is 54.6 Å². The van der Waals surface area contributed by atoms with Gasteiger partial charge in [0.15, 0.2) is 0 Å². The van der Waals surface area contributed by atoms with Crippen molar-refractivity contribution in [2.45, 2.75) is 32.8 Å². The van der Waals surface area contributed by atoms with Crippen LogP contribution < -0.4 is 4.74 Å². The van der Waals surface area contributed by atoms with Gasteiger partial charge in [-0.2, -0.15) is 0 Å². The molecule has 0 saturated heterocycles. The van der Waals surface area contributed by atoms with Crippen molar-refractivity contribution in [1.82, 2.24) is 4.90 Å². The Hall–Kier alpha value is -2.85. The lowest BCUT2D eigenvalue weighted by Crippen LogP contribution is -2.30. The van der Waals surface area contributed by atoms with E-state index in [-0.39, 0.29) is 0 Å². The lowest BCUT2D eigenvalue weighted by atomic mass is 9.80. The van der Waals surface area contributed by atoms with Crippen LogP contribution in [0.5, 0.6) is 5.75 Å². The molecule has 182 valence electrons. The van der Waals surface area contributed by atoms with Crippen LogP contribution in [0.4, 0.5) is 0 Å². The summed E-state index contributed by atoms with van der Waals surface area (Å²) in [6, 6.07) is 28.2. The van der Waals surface area contributed by atoms with Crippen molar-refractivity contribution in [3.05, 3.63) is 112 Å². The predicted molar refractivity (Wildman–Crippen MR) is 147 cm³/mol. The number of ether oxygens (including phenoxy) is 1. The van der Waals surface area contributed by atoms with Gasteiger partial charge >= 0.3 is 0 Å². The van der Waals surface area contributed by atoms with Crippen LogP contribution in [-0.2, 0) is 12.0 Å². The number of fused-ring (bicyclic) bond motifs is 1. The summed E-state index contributed by atoms with van der Waals surface area (Å²) in [6.45, 7) is 9.98. The molecule has 1 atom stereocenters. The van der Waals surface area contributed by atoms with Crippen LogP contribution in [0, 0.1) is 6.92 Å². The van der Waals surface area contributed by atoms with Crippen molar-refractivity contribution in [3.63, 3.8) is 0 Å². The molecule has 0 aliphatic rings. The Balaban J connectivity index is 1.65. The first-order chi connectivity index (χ1) is 16.9. The van der Waals surface area contributed by atoms with E-state index in [0.717, 1.165) is 47.5 Å². The number of aryl methyl sites for hydroxylation is 1. The molecule has 0 aliphatic heterocycles. The number of rotatable bonds is 10. The summed E-state index contributed by atoms with van der Waals surface area (Å²) >= 11 is 6.11. The average molecular weight is 488 g/mol. The highest BCUT2D eigenvalue weighted by Crippen LogP contribution is 2.36. The third-order valence-electron chi connectivity index (χ3n) is 6.75. The topological polar surface area (TPSA) is 32.7 Å². The summed E-state index contributed by atoms with van der Waals surface area (Å²) < 4.78 is 5.98. The van der Waals surface area contributed by atoms with Gasteiger partial charge in [0.05, 0.1) is 0 Å². The molecule has 4 heteroatoms. The Morgan fingerprint density at radius 1 is 0.800 bits per heavy atom. The van der Waals surface area contributed by atoms with Crippen molar-refractivity contribution >= 4 is 22.4 Å². The van der Waals surface area contributed by atoms with Gasteiger partial charge in [-0.1, -0.05) is 85.6 Å². The molecular weight excluding hydrogens is 454 g/mol. The highest BCUT2D eigenvalue weighted by Gasteiger charge is 2.32. The second-order valence-corrected chi connectivity index (χ2v) is 9.57. The molecule has 4 rings (SSSR count). The second kappa shape index (κ2) is 11.3. The van der Waals surface area contributed by atoms with E-state index in [1.54, 1.807) is 0 Å². The van der Waals surface area contributed by atoms with Crippen molar-refractivity contribution in [3.8, 4) is 5.75 Å². The zero-order chi connectivity index (χ0) is 24.8. The number of benzene rings is 4. The van der Waals surface area contributed by atoms with Crippen molar-refractivity contribution in [1.29, 1.82) is 0 Å². The molecule has 4 aromatic carbocycles. The van der Waals surface area contributed by atoms with Gasteiger partial charge in [-0.25, -0.2) is 0 Å². The van der Waals surface area contributed by atoms with Gasteiger partial charge in [0.2, 0.25) is 0 Å². The largest absolute Gasteiger partial charge is 0.492 e. The summed E-state index contributed by atoms with van der Waals surface area (Å²) in [4.78, 5) is 2.33. The molecule has 0 radical (unpaired) electrons. The molecule has 4 aromatic rings. The van der Waals surface area contributed by atoms with E-state index < -0.39 is 5.60 Å². The van der Waals surface area contributed by atoms with Gasteiger partial charge in [0.25, 0.3) is 0 Å². The van der Waals surface area contributed by atoms with Gasteiger partial charge in [0, 0.05) is 18.0 Å². The molecule has 1 N–H and O–H groups in total. The first-order valence-electron chi connectivity index (χ1n) is 12.3. The lowest BCUT2D eigenvalue weighted by Gasteiger charge is -2.30. The fourth-order valence-corrected chi connectivity index (χ4v) is 4.68. The van der Waals surface area contributed by atoms with Crippen molar-refractivity contribution < 1.29 is 9.84 Å². The molecule has 0 amide bonds. The molecule has 3 nitrogen and oxygen atoms in total. The van der Waals surface area contributed by atoms with Crippen LogP contribution in [0.3, 0.4) is 0 Å². The normalized spacial score (nSPS) is 13.2. The standard InChI is InChI=1S/C31H34ClNO2/c1-4-33(5-2)18-19-35-30-16-12-27(13-17-30)31(34,22-24-7-14-29(32)15-8-24)28-11-10-25-20-23(3)6-9-26(25)21-28/h6-17,20-21,34H,4-5,18-19,22H2,1-3H3. The van der Waals surface area contributed by atoms with E-state index in [9.17, 15) is 5.11 Å².